The van der Waals surface area contributed by atoms with Crippen molar-refractivity contribution in [2.75, 3.05) is 55.6 Å². The van der Waals surface area contributed by atoms with Crippen LogP contribution in [0.15, 0.2) is 84.9 Å². The van der Waals surface area contributed by atoms with Crippen molar-refractivity contribution >= 4 is 17.3 Å². The number of ether oxygens (including phenoxy) is 1. The van der Waals surface area contributed by atoms with Crippen LogP contribution in [0, 0.1) is 11.7 Å². The van der Waals surface area contributed by atoms with E-state index in [4.69, 9.17) is 4.74 Å². The molecule has 3 unspecified atom stereocenters. The number of fused-ring (bicyclic) bond motifs is 2. The normalized spacial score (nSPS) is 23.0. The van der Waals surface area contributed by atoms with E-state index < -0.39 is 0 Å². The van der Waals surface area contributed by atoms with E-state index in [-0.39, 0.29) is 35.4 Å². The predicted octanol–water partition coefficient (Wildman–Crippen LogP) is 6.51. The molecule has 4 aliphatic heterocycles. The molecule has 4 aromatic carbocycles. The minimum Gasteiger partial charge on any atom is -0.508 e. The highest BCUT2D eigenvalue weighted by atomic mass is 19.1. The molecule has 2 N–H and O–H groups in total. The fraction of sp³-hybridized carbons (Fsp3) is 0.375. The molecule has 0 spiro atoms. The van der Waals surface area contributed by atoms with Crippen molar-refractivity contribution in [3.8, 4) is 11.5 Å². The van der Waals surface area contributed by atoms with Gasteiger partial charge in [-0.05, 0) is 78.8 Å². The van der Waals surface area contributed by atoms with Gasteiger partial charge < -0.3 is 25.0 Å². The maximum atomic E-state index is 16.0. The van der Waals surface area contributed by atoms with Crippen molar-refractivity contribution in [3.05, 3.63) is 119 Å². The molecular formula is C40H43FN4O3. The summed E-state index contributed by atoms with van der Waals surface area (Å²) in [6.07, 6.45) is 1.95. The Labute approximate surface area is 281 Å². The van der Waals surface area contributed by atoms with E-state index >= 15 is 4.39 Å². The number of nitrogens with zero attached hydrogens (tertiary/aromatic N) is 3. The molecule has 0 aliphatic carbocycles. The lowest BCUT2D eigenvalue weighted by Crippen LogP contribution is -2.49. The second-order valence-electron chi connectivity index (χ2n) is 13.9. The maximum Gasteiger partial charge on any atom is 0.251 e. The van der Waals surface area contributed by atoms with Crippen LogP contribution in [0.2, 0.25) is 0 Å². The van der Waals surface area contributed by atoms with Crippen LogP contribution in [0.25, 0.3) is 0 Å². The number of amides is 1. The minimum absolute atomic E-state index is 0.00230. The van der Waals surface area contributed by atoms with Crippen molar-refractivity contribution in [1.82, 2.24) is 10.2 Å². The molecule has 4 aromatic rings. The third kappa shape index (κ3) is 5.87. The lowest BCUT2D eigenvalue weighted by Gasteiger charge is -2.40. The van der Waals surface area contributed by atoms with Crippen molar-refractivity contribution in [1.29, 1.82) is 0 Å². The average Bonchev–Trinajstić information content (AvgIpc) is 3.48. The van der Waals surface area contributed by atoms with Crippen LogP contribution in [0.3, 0.4) is 0 Å². The number of benzene rings is 4. The molecule has 7 nitrogen and oxygen atoms in total. The monoisotopic (exact) mass is 646 g/mol. The van der Waals surface area contributed by atoms with E-state index in [2.05, 4.69) is 57.3 Å². The number of hydrogen-bond donors (Lipinski definition) is 2. The third-order valence-corrected chi connectivity index (χ3v) is 11.0. The molecule has 48 heavy (non-hydrogen) atoms. The molecule has 248 valence electrons. The molecule has 0 radical (unpaired) electrons. The highest BCUT2D eigenvalue weighted by Gasteiger charge is 2.39. The summed E-state index contributed by atoms with van der Waals surface area (Å²) in [6.45, 7) is 9.51. The Morgan fingerprint density at radius 2 is 1.65 bits per heavy atom. The summed E-state index contributed by atoms with van der Waals surface area (Å²) in [6, 6.07) is 27.6. The zero-order valence-corrected chi connectivity index (χ0v) is 27.4. The van der Waals surface area contributed by atoms with E-state index in [0.29, 0.717) is 23.9 Å². The van der Waals surface area contributed by atoms with Gasteiger partial charge >= 0.3 is 0 Å². The summed E-state index contributed by atoms with van der Waals surface area (Å²) < 4.78 is 22.4. The number of hydrogen-bond acceptors (Lipinski definition) is 6. The van der Waals surface area contributed by atoms with Crippen molar-refractivity contribution in [3.63, 3.8) is 0 Å². The lowest BCUT2D eigenvalue weighted by molar-refractivity contribution is 0.0965. The second kappa shape index (κ2) is 12.8. The number of carbonyl (C=O) groups is 1. The molecule has 3 atom stereocenters. The SMILES string of the molecule is CC1Oc2cc(O)ccc2C(c2ccc(N3CCC(CN4CCN(c5ccc6c(c5)CNC6=O)CC4)CC3)c(F)c2)C1c1ccccc1. The Morgan fingerprint density at radius 1 is 0.854 bits per heavy atom. The van der Waals surface area contributed by atoms with Crippen LogP contribution in [-0.2, 0) is 6.54 Å². The van der Waals surface area contributed by atoms with Gasteiger partial charge in [-0.15, -0.1) is 0 Å². The predicted molar refractivity (Wildman–Crippen MR) is 187 cm³/mol. The van der Waals surface area contributed by atoms with E-state index in [9.17, 15) is 9.90 Å². The topological polar surface area (TPSA) is 68.3 Å². The Balaban J connectivity index is 0.910. The number of phenols is 1. The van der Waals surface area contributed by atoms with E-state index in [1.807, 2.05) is 36.4 Å². The summed E-state index contributed by atoms with van der Waals surface area (Å²) in [5.74, 6) is 1.18. The van der Waals surface area contributed by atoms with Gasteiger partial charge in [0.25, 0.3) is 5.91 Å². The first-order chi connectivity index (χ1) is 23.4. The summed E-state index contributed by atoms with van der Waals surface area (Å²) in [7, 11) is 0. The molecular weight excluding hydrogens is 603 g/mol. The minimum atomic E-state index is -0.181. The maximum absolute atomic E-state index is 16.0. The van der Waals surface area contributed by atoms with Gasteiger partial charge in [0.15, 0.2) is 0 Å². The van der Waals surface area contributed by atoms with Crippen LogP contribution in [0.4, 0.5) is 15.8 Å². The second-order valence-corrected chi connectivity index (χ2v) is 13.9. The van der Waals surface area contributed by atoms with Crippen LogP contribution < -0.4 is 19.9 Å². The first-order valence-electron chi connectivity index (χ1n) is 17.4. The Hall–Kier alpha value is -4.56. The smallest absolute Gasteiger partial charge is 0.251 e. The summed E-state index contributed by atoms with van der Waals surface area (Å²) in [5.41, 5.74) is 6.83. The number of anilines is 2. The lowest BCUT2D eigenvalue weighted by atomic mass is 9.73. The number of aromatic hydroxyl groups is 1. The standard InChI is InChI=1S/C40H43FN4O3/c1-26-38(28-5-3-2-4-6-28)39(34-11-9-32(46)23-37(34)48-26)29-7-12-36(35(41)22-29)45-15-13-27(14-16-45)25-43-17-19-44(20-18-43)31-8-10-33-30(21-31)24-42-40(33)47/h2-12,21-23,26-27,38-39,46H,13-20,24-25H2,1H3,(H,42,47). The fourth-order valence-corrected chi connectivity index (χ4v) is 8.44. The number of phenolic OH excluding ortho intramolecular Hbond substituents is 1. The Morgan fingerprint density at radius 3 is 2.42 bits per heavy atom. The summed E-state index contributed by atoms with van der Waals surface area (Å²) >= 11 is 0. The zero-order chi connectivity index (χ0) is 32.8. The molecule has 8 rings (SSSR count). The van der Waals surface area contributed by atoms with Crippen LogP contribution in [-0.4, -0.2) is 67.8 Å². The zero-order valence-electron chi connectivity index (χ0n) is 27.4. The molecule has 1 amide bonds. The van der Waals surface area contributed by atoms with Gasteiger partial charge in [-0.1, -0.05) is 42.5 Å². The highest BCUT2D eigenvalue weighted by molar-refractivity contribution is 5.98. The third-order valence-electron chi connectivity index (χ3n) is 11.0. The Kier molecular flexibility index (Phi) is 8.20. The molecule has 2 fully saturated rings. The van der Waals surface area contributed by atoms with Crippen molar-refractivity contribution in [2.24, 2.45) is 5.92 Å². The van der Waals surface area contributed by atoms with Gasteiger partial charge in [-0.25, -0.2) is 4.39 Å². The summed E-state index contributed by atoms with van der Waals surface area (Å²) in [4.78, 5) is 19.2. The highest BCUT2D eigenvalue weighted by Crippen LogP contribution is 2.50. The van der Waals surface area contributed by atoms with Crippen LogP contribution >= 0.6 is 0 Å². The molecule has 0 aromatic heterocycles. The van der Waals surface area contributed by atoms with Crippen molar-refractivity contribution < 1.29 is 19.0 Å². The van der Waals surface area contributed by atoms with Crippen molar-refractivity contribution in [2.45, 2.75) is 44.2 Å². The summed E-state index contributed by atoms with van der Waals surface area (Å²) in [5, 5.41) is 13.1. The average molecular weight is 647 g/mol. The molecule has 4 heterocycles. The largest absolute Gasteiger partial charge is 0.508 e. The van der Waals surface area contributed by atoms with Gasteiger partial charge in [-0.3, -0.25) is 9.69 Å². The van der Waals surface area contributed by atoms with Gasteiger partial charge in [0.05, 0.1) is 5.69 Å². The molecule has 2 saturated heterocycles. The van der Waals surface area contributed by atoms with Gasteiger partial charge in [-0.2, -0.15) is 0 Å². The quantitative estimate of drug-likeness (QED) is 0.249. The van der Waals surface area contributed by atoms with Gasteiger partial charge in [0, 0.05) is 87.1 Å². The van der Waals surface area contributed by atoms with E-state index in [1.54, 1.807) is 18.2 Å². The van der Waals surface area contributed by atoms with Gasteiger partial charge in [0.1, 0.15) is 23.4 Å². The first kappa shape index (κ1) is 30.8. The molecule has 0 bridgehead atoms. The Bertz CT molecular complexity index is 1800. The molecule has 4 aliphatic rings. The van der Waals surface area contributed by atoms with E-state index in [0.717, 1.165) is 86.5 Å². The van der Waals surface area contributed by atoms with Crippen LogP contribution in [0.5, 0.6) is 11.5 Å². The number of carbonyl (C=O) groups excluding carboxylic acids is 1. The van der Waals surface area contributed by atoms with Gasteiger partial charge in [0.2, 0.25) is 0 Å². The number of halogens is 1. The van der Waals surface area contributed by atoms with Crippen LogP contribution in [0.1, 0.15) is 64.2 Å². The number of nitrogens with one attached hydrogen (secondary N) is 1. The number of piperazine rings is 1. The number of piperidine rings is 1. The van der Waals surface area contributed by atoms with E-state index in [1.165, 1.54) is 5.69 Å². The number of rotatable bonds is 6. The first-order valence-corrected chi connectivity index (χ1v) is 17.4. The fourth-order valence-electron chi connectivity index (χ4n) is 8.44. The molecule has 8 heteroatoms. The molecule has 0 saturated carbocycles.